The lowest BCUT2D eigenvalue weighted by Crippen LogP contribution is -2.65. The van der Waals surface area contributed by atoms with Crippen LogP contribution in [-0.2, 0) is 28.4 Å². The standard InChI is InChI=1S/C19H34O14/c1-5-8(21)11(24)13(26)17(29-5)32-15-9(22)6(2)30-18(14(15)27)33-16-12(25)10(23)7(4-20)31-19(16)28-3/h5-27H,4H2,1-3H3/t5-,6-,7+,8-,9-,10-,11+,12-,13+,14+,15+,16+,17-,18-,19-/m0/s1. The first-order valence-electron chi connectivity index (χ1n) is 10.7. The lowest BCUT2D eigenvalue weighted by atomic mass is 9.96. The van der Waals surface area contributed by atoms with Gasteiger partial charge < -0.3 is 69.3 Å². The number of hydrogen-bond donors (Lipinski definition) is 8. The Kier molecular flexibility index (Phi) is 9.02. The quantitative estimate of drug-likeness (QED) is 0.177. The second-order valence-electron chi connectivity index (χ2n) is 8.52. The van der Waals surface area contributed by atoms with Gasteiger partial charge >= 0.3 is 0 Å². The Morgan fingerprint density at radius 1 is 0.576 bits per heavy atom. The summed E-state index contributed by atoms with van der Waals surface area (Å²) < 4.78 is 32.6. The second-order valence-corrected chi connectivity index (χ2v) is 8.52. The van der Waals surface area contributed by atoms with E-state index in [1.807, 2.05) is 0 Å². The highest BCUT2D eigenvalue weighted by Crippen LogP contribution is 2.32. The van der Waals surface area contributed by atoms with Crippen molar-refractivity contribution in [3.05, 3.63) is 0 Å². The van der Waals surface area contributed by atoms with Gasteiger partial charge in [0.1, 0.15) is 61.0 Å². The summed E-state index contributed by atoms with van der Waals surface area (Å²) in [7, 11) is 1.25. The first-order chi connectivity index (χ1) is 15.5. The van der Waals surface area contributed by atoms with Crippen LogP contribution in [0.2, 0.25) is 0 Å². The fraction of sp³-hybridized carbons (Fsp3) is 1.00. The van der Waals surface area contributed by atoms with Gasteiger partial charge in [-0.2, -0.15) is 0 Å². The lowest BCUT2D eigenvalue weighted by molar-refractivity contribution is -0.380. The minimum absolute atomic E-state index is 0.588. The lowest BCUT2D eigenvalue weighted by Gasteiger charge is -2.47. The van der Waals surface area contributed by atoms with Crippen molar-refractivity contribution in [2.24, 2.45) is 0 Å². The number of aliphatic hydroxyl groups is 8. The van der Waals surface area contributed by atoms with Crippen LogP contribution in [0.4, 0.5) is 0 Å². The predicted molar refractivity (Wildman–Crippen MR) is 103 cm³/mol. The Morgan fingerprint density at radius 2 is 1.12 bits per heavy atom. The third-order valence-corrected chi connectivity index (χ3v) is 6.23. The van der Waals surface area contributed by atoms with Crippen molar-refractivity contribution < 1.29 is 69.3 Å². The van der Waals surface area contributed by atoms with Crippen LogP contribution < -0.4 is 0 Å². The molecule has 8 N–H and O–H groups in total. The summed E-state index contributed by atoms with van der Waals surface area (Å²) in [6, 6.07) is 0. The van der Waals surface area contributed by atoms with Gasteiger partial charge in [0.2, 0.25) is 0 Å². The number of hydrogen-bond acceptors (Lipinski definition) is 14. The normalized spacial score (nSPS) is 53.7. The van der Waals surface area contributed by atoms with E-state index >= 15 is 0 Å². The van der Waals surface area contributed by atoms with Gasteiger partial charge in [0.25, 0.3) is 0 Å². The molecule has 0 radical (unpaired) electrons. The molecule has 0 aromatic carbocycles. The monoisotopic (exact) mass is 486 g/mol. The zero-order valence-electron chi connectivity index (χ0n) is 18.4. The minimum atomic E-state index is -1.69. The number of ether oxygens (including phenoxy) is 6. The number of aliphatic hydroxyl groups excluding tert-OH is 8. The Balaban J connectivity index is 1.74. The molecule has 3 aliphatic heterocycles. The van der Waals surface area contributed by atoms with Gasteiger partial charge in [0, 0.05) is 7.11 Å². The van der Waals surface area contributed by atoms with Crippen LogP contribution in [0.1, 0.15) is 13.8 Å². The van der Waals surface area contributed by atoms with Crippen molar-refractivity contribution in [3.63, 3.8) is 0 Å². The van der Waals surface area contributed by atoms with E-state index in [1.54, 1.807) is 0 Å². The highest BCUT2D eigenvalue weighted by molar-refractivity contribution is 4.95. The van der Waals surface area contributed by atoms with Crippen LogP contribution >= 0.6 is 0 Å². The van der Waals surface area contributed by atoms with E-state index in [9.17, 15) is 40.9 Å². The average Bonchev–Trinajstić information content (AvgIpc) is 2.79. The molecule has 15 atom stereocenters. The van der Waals surface area contributed by atoms with Crippen molar-refractivity contribution in [1.82, 2.24) is 0 Å². The fourth-order valence-electron chi connectivity index (χ4n) is 4.10. The molecule has 3 heterocycles. The van der Waals surface area contributed by atoms with E-state index in [4.69, 9.17) is 28.4 Å². The number of rotatable bonds is 6. The highest BCUT2D eigenvalue weighted by atomic mass is 16.8. The van der Waals surface area contributed by atoms with Gasteiger partial charge in [-0.05, 0) is 13.8 Å². The largest absolute Gasteiger partial charge is 0.394 e. The Bertz CT molecular complexity index is 623. The summed E-state index contributed by atoms with van der Waals surface area (Å²) in [6.45, 7) is 2.32. The second kappa shape index (κ2) is 11.0. The first-order valence-corrected chi connectivity index (χ1v) is 10.7. The smallest absolute Gasteiger partial charge is 0.187 e. The van der Waals surface area contributed by atoms with Gasteiger partial charge in [-0.15, -0.1) is 0 Å². The van der Waals surface area contributed by atoms with Crippen LogP contribution in [0.3, 0.4) is 0 Å². The van der Waals surface area contributed by atoms with Gasteiger partial charge in [-0.1, -0.05) is 0 Å². The minimum Gasteiger partial charge on any atom is -0.394 e. The van der Waals surface area contributed by atoms with E-state index in [2.05, 4.69) is 0 Å². The summed E-state index contributed by atoms with van der Waals surface area (Å²) in [5.41, 5.74) is 0. The van der Waals surface area contributed by atoms with Crippen LogP contribution in [0.25, 0.3) is 0 Å². The molecule has 3 rings (SSSR count). The van der Waals surface area contributed by atoms with E-state index in [-0.39, 0.29) is 0 Å². The molecular weight excluding hydrogens is 452 g/mol. The maximum atomic E-state index is 10.8. The van der Waals surface area contributed by atoms with Crippen LogP contribution in [-0.4, -0.2) is 147 Å². The molecule has 0 aliphatic carbocycles. The van der Waals surface area contributed by atoms with Crippen LogP contribution in [0, 0.1) is 0 Å². The van der Waals surface area contributed by atoms with Gasteiger partial charge in [-0.25, -0.2) is 0 Å². The summed E-state index contributed by atoms with van der Waals surface area (Å²) in [6.07, 6.45) is -20.9. The molecule has 0 saturated carbocycles. The van der Waals surface area contributed by atoms with Crippen LogP contribution in [0.15, 0.2) is 0 Å². The molecule has 0 spiro atoms. The van der Waals surface area contributed by atoms with Gasteiger partial charge in [0.05, 0.1) is 18.8 Å². The van der Waals surface area contributed by atoms with E-state index in [0.717, 1.165) is 0 Å². The molecule has 14 heteroatoms. The van der Waals surface area contributed by atoms with E-state index in [1.165, 1.54) is 21.0 Å². The third kappa shape index (κ3) is 5.34. The Labute approximate surface area is 189 Å². The Morgan fingerprint density at radius 3 is 1.70 bits per heavy atom. The summed E-state index contributed by atoms with van der Waals surface area (Å²) in [4.78, 5) is 0. The van der Waals surface area contributed by atoms with E-state index < -0.39 is 98.7 Å². The molecule has 3 aliphatic rings. The van der Waals surface area contributed by atoms with Crippen molar-refractivity contribution in [3.8, 4) is 0 Å². The van der Waals surface area contributed by atoms with Crippen LogP contribution in [0.5, 0.6) is 0 Å². The zero-order chi connectivity index (χ0) is 24.6. The Hall–Kier alpha value is -0.560. The molecule has 194 valence electrons. The molecular formula is C19H34O14. The maximum absolute atomic E-state index is 10.8. The van der Waals surface area contributed by atoms with Crippen molar-refractivity contribution in [2.45, 2.75) is 106 Å². The predicted octanol–water partition coefficient (Wildman–Crippen LogP) is -4.86. The van der Waals surface area contributed by atoms with Gasteiger partial charge in [-0.3, -0.25) is 0 Å². The summed E-state index contributed by atoms with van der Waals surface area (Å²) in [5, 5.41) is 81.2. The topological polar surface area (TPSA) is 217 Å². The molecule has 3 fully saturated rings. The molecule has 33 heavy (non-hydrogen) atoms. The highest BCUT2D eigenvalue weighted by Gasteiger charge is 2.52. The molecule has 0 aromatic rings. The molecule has 0 bridgehead atoms. The summed E-state index contributed by atoms with van der Waals surface area (Å²) >= 11 is 0. The number of methoxy groups -OCH3 is 1. The zero-order valence-corrected chi connectivity index (χ0v) is 18.4. The van der Waals surface area contributed by atoms with Crippen molar-refractivity contribution in [1.29, 1.82) is 0 Å². The summed E-state index contributed by atoms with van der Waals surface area (Å²) in [5.74, 6) is 0. The van der Waals surface area contributed by atoms with Crippen molar-refractivity contribution >= 4 is 0 Å². The molecule has 14 nitrogen and oxygen atoms in total. The molecule has 3 saturated heterocycles. The van der Waals surface area contributed by atoms with E-state index in [0.29, 0.717) is 0 Å². The molecule has 0 amide bonds. The third-order valence-electron chi connectivity index (χ3n) is 6.23. The molecule has 0 unspecified atom stereocenters. The van der Waals surface area contributed by atoms with Gasteiger partial charge in [0.15, 0.2) is 18.9 Å². The first kappa shape index (κ1) is 27.0. The molecule has 0 aromatic heterocycles. The SMILES string of the molecule is CO[C@H]1O[C@H](CO)[C@H](O)[C@H](O)[C@H]1O[C@@H]1O[C@@H](C)[C@H](O)[C@@H](O[C@@H]2O[C@@H](C)[C@H](O)[C@@H](O)[C@H]2O)[C@H]1O. The fourth-order valence-corrected chi connectivity index (χ4v) is 4.10. The van der Waals surface area contributed by atoms with Crippen molar-refractivity contribution in [2.75, 3.05) is 13.7 Å². The average molecular weight is 486 g/mol. The maximum Gasteiger partial charge on any atom is 0.187 e.